The molecular formula is C10H7Cl2F3O3. The van der Waals surface area contributed by atoms with E-state index in [4.69, 9.17) is 28.3 Å². The molecule has 1 rings (SSSR count). The molecule has 8 heteroatoms. The van der Waals surface area contributed by atoms with Crippen molar-refractivity contribution >= 4 is 29.2 Å². The molecule has 100 valence electrons. The normalized spacial score (nSPS) is 13.4. The highest BCUT2D eigenvalue weighted by molar-refractivity contribution is 6.35. The predicted molar refractivity (Wildman–Crippen MR) is 58.8 cm³/mol. The summed E-state index contributed by atoms with van der Waals surface area (Å²) in [5, 5.41) is 8.27. The molecule has 0 aliphatic heterocycles. The average Bonchev–Trinajstić information content (AvgIpc) is 2.18. The van der Waals surface area contributed by atoms with Gasteiger partial charge in [0.05, 0.1) is 0 Å². The van der Waals surface area contributed by atoms with E-state index in [1.165, 1.54) is 6.07 Å². The Kier molecular flexibility index (Phi) is 4.84. The maximum absolute atomic E-state index is 12.7. The van der Waals surface area contributed by atoms with Crippen LogP contribution in [0, 0.1) is 0 Å². The van der Waals surface area contributed by atoms with E-state index < -0.39 is 24.9 Å². The molecule has 0 amide bonds. The SMILES string of the molecule is O=C(O)CO[C@@H](c1ccc(Cl)cc1Cl)C(F)(F)F. The molecule has 0 aliphatic rings. The van der Waals surface area contributed by atoms with Crippen LogP contribution < -0.4 is 0 Å². The van der Waals surface area contributed by atoms with Crippen LogP contribution in [0.2, 0.25) is 10.0 Å². The maximum atomic E-state index is 12.7. The molecule has 1 N–H and O–H groups in total. The molecule has 0 saturated heterocycles. The third-order valence-corrected chi connectivity index (χ3v) is 2.48. The fourth-order valence-electron chi connectivity index (χ4n) is 1.23. The van der Waals surface area contributed by atoms with Crippen LogP contribution in [0.25, 0.3) is 0 Å². The summed E-state index contributed by atoms with van der Waals surface area (Å²) in [5.74, 6) is -1.51. The van der Waals surface area contributed by atoms with Crippen molar-refractivity contribution in [1.29, 1.82) is 0 Å². The van der Waals surface area contributed by atoms with E-state index in [9.17, 15) is 18.0 Å². The second-order valence-corrected chi connectivity index (χ2v) is 4.14. The second kappa shape index (κ2) is 5.77. The Balaban J connectivity index is 3.06. The van der Waals surface area contributed by atoms with Gasteiger partial charge in [-0.2, -0.15) is 13.2 Å². The van der Waals surface area contributed by atoms with Gasteiger partial charge in [0.15, 0.2) is 6.10 Å². The van der Waals surface area contributed by atoms with E-state index in [0.717, 1.165) is 12.1 Å². The van der Waals surface area contributed by atoms with E-state index in [1.54, 1.807) is 0 Å². The minimum absolute atomic E-state index is 0.169. The van der Waals surface area contributed by atoms with Gasteiger partial charge in [-0.15, -0.1) is 0 Å². The van der Waals surface area contributed by atoms with E-state index in [0.29, 0.717) is 0 Å². The van der Waals surface area contributed by atoms with Crippen molar-refractivity contribution in [2.24, 2.45) is 0 Å². The minimum Gasteiger partial charge on any atom is -0.480 e. The van der Waals surface area contributed by atoms with Gasteiger partial charge in [-0.05, 0) is 12.1 Å². The van der Waals surface area contributed by atoms with Gasteiger partial charge in [-0.25, -0.2) is 4.79 Å². The van der Waals surface area contributed by atoms with Gasteiger partial charge >= 0.3 is 12.1 Å². The predicted octanol–water partition coefficient (Wildman–Crippen LogP) is 3.70. The average molecular weight is 303 g/mol. The monoisotopic (exact) mass is 302 g/mol. The smallest absolute Gasteiger partial charge is 0.418 e. The van der Waals surface area contributed by atoms with E-state index in [1.807, 2.05) is 0 Å². The Morgan fingerprint density at radius 1 is 1.39 bits per heavy atom. The van der Waals surface area contributed by atoms with Crippen LogP contribution in [0.4, 0.5) is 13.2 Å². The third kappa shape index (κ3) is 4.04. The first-order valence-electron chi connectivity index (χ1n) is 4.57. The lowest BCUT2D eigenvalue weighted by Crippen LogP contribution is -2.26. The Morgan fingerprint density at radius 2 is 2.00 bits per heavy atom. The Bertz CT molecular complexity index is 448. The molecule has 0 radical (unpaired) electrons. The first-order valence-corrected chi connectivity index (χ1v) is 5.32. The number of benzene rings is 1. The number of carbonyl (C=O) groups is 1. The van der Waals surface area contributed by atoms with E-state index in [2.05, 4.69) is 4.74 Å². The summed E-state index contributed by atoms with van der Waals surface area (Å²) in [4.78, 5) is 10.3. The lowest BCUT2D eigenvalue weighted by atomic mass is 10.1. The second-order valence-electron chi connectivity index (χ2n) is 3.29. The third-order valence-electron chi connectivity index (χ3n) is 1.92. The molecular weight excluding hydrogens is 296 g/mol. The van der Waals surface area contributed by atoms with Crippen molar-refractivity contribution in [2.45, 2.75) is 12.3 Å². The topological polar surface area (TPSA) is 46.5 Å². The van der Waals surface area contributed by atoms with Crippen molar-refractivity contribution in [3.8, 4) is 0 Å². The molecule has 0 aliphatic carbocycles. The van der Waals surface area contributed by atoms with Crippen LogP contribution in [0.15, 0.2) is 18.2 Å². The molecule has 0 heterocycles. The van der Waals surface area contributed by atoms with Crippen molar-refractivity contribution < 1.29 is 27.8 Å². The first kappa shape index (κ1) is 15.1. The summed E-state index contributed by atoms with van der Waals surface area (Å²) in [6.07, 6.45) is -7.18. The molecule has 1 aromatic carbocycles. The summed E-state index contributed by atoms with van der Waals surface area (Å²) in [6.45, 7) is -1.08. The lowest BCUT2D eigenvalue weighted by molar-refractivity contribution is -0.225. The molecule has 0 saturated carbocycles. The van der Waals surface area contributed by atoms with Crippen molar-refractivity contribution in [3.05, 3.63) is 33.8 Å². The number of carboxylic acids is 1. The summed E-state index contributed by atoms with van der Waals surface area (Å²) in [5.41, 5.74) is -0.380. The summed E-state index contributed by atoms with van der Waals surface area (Å²) >= 11 is 11.2. The quantitative estimate of drug-likeness (QED) is 0.922. The zero-order valence-electron chi connectivity index (χ0n) is 8.67. The van der Waals surface area contributed by atoms with E-state index in [-0.39, 0.29) is 15.6 Å². The van der Waals surface area contributed by atoms with Gasteiger partial charge in [0, 0.05) is 15.6 Å². The number of hydrogen-bond donors (Lipinski definition) is 1. The molecule has 1 atom stereocenters. The molecule has 0 bridgehead atoms. The van der Waals surface area contributed by atoms with Crippen molar-refractivity contribution in [1.82, 2.24) is 0 Å². The number of halogens is 5. The van der Waals surface area contributed by atoms with E-state index >= 15 is 0 Å². The zero-order valence-corrected chi connectivity index (χ0v) is 10.2. The van der Waals surface area contributed by atoms with Crippen LogP contribution in [0.3, 0.4) is 0 Å². The molecule has 18 heavy (non-hydrogen) atoms. The number of ether oxygens (including phenoxy) is 1. The molecule has 0 unspecified atom stereocenters. The highest BCUT2D eigenvalue weighted by Gasteiger charge is 2.43. The minimum atomic E-state index is -4.77. The number of hydrogen-bond acceptors (Lipinski definition) is 2. The van der Waals surface area contributed by atoms with Gasteiger partial charge in [0.1, 0.15) is 6.61 Å². The lowest BCUT2D eigenvalue weighted by Gasteiger charge is -2.21. The fraction of sp³-hybridized carbons (Fsp3) is 0.300. The number of rotatable bonds is 4. The summed E-state index contributed by atoms with van der Waals surface area (Å²) in [7, 11) is 0. The van der Waals surface area contributed by atoms with Crippen LogP contribution in [-0.4, -0.2) is 23.9 Å². The molecule has 1 aromatic rings. The number of carboxylic acid groups (broad SMARTS) is 1. The summed E-state index contributed by atoms with van der Waals surface area (Å²) in [6, 6.07) is 3.39. The van der Waals surface area contributed by atoms with Crippen LogP contribution in [0.5, 0.6) is 0 Å². The van der Waals surface area contributed by atoms with Gasteiger partial charge in [0.2, 0.25) is 0 Å². The van der Waals surface area contributed by atoms with Crippen LogP contribution in [-0.2, 0) is 9.53 Å². The standard InChI is InChI=1S/C10H7Cl2F3O3/c11-5-1-2-6(7(12)3-5)9(10(13,14)15)18-4-8(16)17/h1-3,9H,4H2,(H,16,17)/t9-/m0/s1. The summed E-state index contributed by atoms with van der Waals surface area (Å²) < 4.78 is 42.5. The Morgan fingerprint density at radius 3 is 2.44 bits per heavy atom. The largest absolute Gasteiger partial charge is 0.480 e. The van der Waals surface area contributed by atoms with Gasteiger partial charge in [-0.1, -0.05) is 29.3 Å². The van der Waals surface area contributed by atoms with Crippen molar-refractivity contribution in [2.75, 3.05) is 6.61 Å². The Labute approximate surface area is 110 Å². The maximum Gasteiger partial charge on any atom is 0.418 e. The zero-order chi connectivity index (χ0) is 13.9. The van der Waals surface area contributed by atoms with Crippen molar-refractivity contribution in [3.63, 3.8) is 0 Å². The van der Waals surface area contributed by atoms with Gasteiger partial charge < -0.3 is 9.84 Å². The number of aliphatic carboxylic acids is 1. The molecule has 3 nitrogen and oxygen atoms in total. The van der Waals surface area contributed by atoms with Gasteiger partial charge in [0.25, 0.3) is 0 Å². The first-order chi connectivity index (χ1) is 8.21. The highest BCUT2D eigenvalue weighted by atomic mass is 35.5. The molecule has 0 fully saturated rings. The fourth-order valence-corrected chi connectivity index (χ4v) is 1.74. The van der Waals surface area contributed by atoms with Crippen LogP contribution >= 0.6 is 23.2 Å². The molecule has 0 spiro atoms. The van der Waals surface area contributed by atoms with Crippen LogP contribution in [0.1, 0.15) is 11.7 Å². The number of alkyl halides is 3. The molecule has 0 aromatic heterocycles. The van der Waals surface area contributed by atoms with Gasteiger partial charge in [-0.3, -0.25) is 0 Å². The highest BCUT2D eigenvalue weighted by Crippen LogP contribution is 2.39. The Hall–Kier alpha value is -0.980.